The molecule has 0 aromatic heterocycles. The Kier molecular flexibility index (Phi) is 4.30. The smallest absolute Gasteiger partial charge is 0.0134 e. The second-order valence-electron chi connectivity index (χ2n) is 3.96. The van der Waals surface area contributed by atoms with Gasteiger partial charge in [0.15, 0.2) is 0 Å². The lowest BCUT2D eigenvalue weighted by Gasteiger charge is -2.25. The maximum Gasteiger partial charge on any atom is -0.0134 e. The molecule has 0 aromatic rings. The third kappa shape index (κ3) is 3.25. The summed E-state index contributed by atoms with van der Waals surface area (Å²) in [6.07, 6.45) is 5.75. The Morgan fingerprint density at radius 2 is 1.67 bits per heavy atom. The molecule has 0 fully saturated rings. The highest BCUT2D eigenvalue weighted by Crippen LogP contribution is 2.32. The lowest BCUT2D eigenvalue weighted by Crippen LogP contribution is -2.11. The highest BCUT2D eigenvalue weighted by molar-refractivity contribution is 5.29. The van der Waals surface area contributed by atoms with Gasteiger partial charge in [-0.15, -0.1) is 0 Å². The Morgan fingerprint density at radius 1 is 1.17 bits per heavy atom. The third-order valence-electron chi connectivity index (χ3n) is 2.18. The molecule has 0 atom stereocenters. The highest BCUT2D eigenvalue weighted by Gasteiger charge is 2.17. The third-order valence-corrected chi connectivity index (χ3v) is 2.18. The minimum atomic E-state index is 0.392. The van der Waals surface area contributed by atoms with Crippen LogP contribution in [0.25, 0.3) is 0 Å². The number of rotatable bonds is 0. The van der Waals surface area contributed by atoms with E-state index in [4.69, 9.17) is 0 Å². The Bertz CT molecular complexity index is 192. The van der Waals surface area contributed by atoms with Gasteiger partial charge in [0, 0.05) is 0 Å². The molecule has 1 rings (SSSR count). The summed E-state index contributed by atoms with van der Waals surface area (Å²) in [4.78, 5) is 0. The van der Waals surface area contributed by atoms with Crippen molar-refractivity contribution in [3.63, 3.8) is 0 Å². The Labute approximate surface area is 77.4 Å². The SMILES string of the molecule is CC.CC1=C(C)CC(C)(C)C=C1. The van der Waals surface area contributed by atoms with E-state index >= 15 is 0 Å². The van der Waals surface area contributed by atoms with Gasteiger partial charge in [0.25, 0.3) is 0 Å². The number of allylic oxidation sites excluding steroid dienone is 4. The average Bonchev–Trinajstić information content (AvgIpc) is 2.01. The Morgan fingerprint density at radius 3 is 2.00 bits per heavy atom. The van der Waals surface area contributed by atoms with Crippen molar-refractivity contribution >= 4 is 0 Å². The van der Waals surface area contributed by atoms with Gasteiger partial charge < -0.3 is 0 Å². The maximum absolute atomic E-state index is 2.30. The predicted octanol–water partition coefficient (Wildman–Crippen LogP) is 4.34. The molecule has 0 saturated carbocycles. The van der Waals surface area contributed by atoms with E-state index in [2.05, 4.69) is 39.8 Å². The summed E-state index contributed by atoms with van der Waals surface area (Å²) in [5, 5.41) is 0. The van der Waals surface area contributed by atoms with Gasteiger partial charge >= 0.3 is 0 Å². The van der Waals surface area contributed by atoms with Crippen LogP contribution in [0, 0.1) is 5.41 Å². The van der Waals surface area contributed by atoms with Crippen LogP contribution in [0.4, 0.5) is 0 Å². The monoisotopic (exact) mass is 166 g/mol. The molecule has 0 radical (unpaired) electrons. The van der Waals surface area contributed by atoms with Crippen LogP contribution in [0.3, 0.4) is 0 Å². The van der Waals surface area contributed by atoms with Crippen molar-refractivity contribution in [1.29, 1.82) is 0 Å². The van der Waals surface area contributed by atoms with Crippen LogP contribution in [0.15, 0.2) is 23.3 Å². The van der Waals surface area contributed by atoms with Crippen LogP contribution in [-0.4, -0.2) is 0 Å². The molecule has 1 aliphatic rings. The van der Waals surface area contributed by atoms with Crippen LogP contribution >= 0.6 is 0 Å². The Balaban J connectivity index is 0.000000561. The van der Waals surface area contributed by atoms with Gasteiger partial charge in [-0.25, -0.2) is 0 Å². The molecule has 0 aromatic carbocycles. The first-order chi connectivity index (χ1) is 5.51. The van der Waals surface area contributed by atoms with E-state index in [1.165, 1.54) is 17.6 Å². The fourth-order valence-corrected chi connectivity index (χ4v) is 1.37. The first-order valence-electron chi connectivity index (χ1n) is 4.87. The number of hydrogen-bond acceptors (Lipinski definition) is 0. The van der Waals surface area contributed by atoms with Gasteiger partial charge in [-0.2, -0.15) is 0 Å². The molecule has 0 unspecified atom stereocenters. The van der Waals surface area contributed by atoms with Crippen LogP contribution in [0.2, 0.25) is 0 Å². The molecule has 1 aliphatic carbocycles. The molecule has 0 heteroatoms. The summed E-state index contributed by atoms with van der Waals surface area (Å²) >= 11 is 0. The van der Waals surface area contributed by atoms with Crippen molar-refractivity contribution < 1.29 is 0 Å². The molecule has 0 heterocycles. The van der Waals surface area contributed by atoms with Gasteiger partial charge in [-0.1, -0.05) is 51.0 Å². The van der Waals surface area contributed by atoms with Crippen LogP contribution in [0.1, 0.15) is 48.0 Å². The van der Waals surface area contributed by atoms with Gasteiger partial charge in [0.1, 0.15) is 0 Å². The van der Waals surface area contributed by atoms with Crippen molar-refractivity contribution in [3.8, 4) is 0 Å². The van der Waals surface area contributed by atoms with Gasteiger partial charge in [-0.05, 0) is 25.7 Å². The highest BCUT2D eigenvalue weighted by atomic mass is 14.2. The molecule has 0 amide bonds. The Hall–Kier alpha value is -0.520. The van der Waals surface area contributed by atoms with E-state index in [-0.39, 0.29) is 0 Å². The van der Waals surface area contributed by atoms with Crippen molar-refractivity contribution in [2.24, 2.45) is 5.41 Å². The first kappa shape index (κ1) is 11.5. The fraction of sp³-hybridized carbons (Fsp3) is 0.667. The van der Waals surface area contributed by atoms with Crippen LogP contribution in [-0.2, 0) is 0 Å². The summed E-state index contributed by atoms with van der Waals surface area (Å²) in [6.45, 7) is 13.0. The summed E-state index contributed by atoms with van der Waals surface area (Å²) in [5.41, 5.74) is 3.37. The average molecular weight is 166 g/mol. The largest absolute Gasteiger partial charge is 0.0783 e. The van der Waals surface area contributed by atoms with Crippen molar-refractivity contribution in [3.05, 3.63) is 23.3 Å². The molecule has 0 aliphatic heterocycles. The molecule has 12 heavy (non-hydrogen) atoms. The quantitative estimate of drug-likeness (QED) is 0.502. The summed E-state index contributed by atoms with van der Waals surface area (Å²) in [7, 11) is 0. The topological polar surface area (TPSA) is 0 Å². The zero-order valence-corrected chi connectivity index (χ0v) is 9.36. The standard InChI is InChI=1S/C10H16.C2H6/c1-8-5-6-10(3,4)7-9(8)2;1-2/h5-6H,7H2,1-4H3;1-2H3. The molecule has 0 N–H and O–H groups in total. The van der Waals surface area contributed by atoms with E-state index < -0.39 is 0 Å². The summed E-state index contributed by atoms with van der Waals surface area (Å²) < 4.78 is 0. The second-order valence-corrected chi connectivity index (χ2v) is 3.96. The van der Waals surface area contributed by atoms with Crippen LogP contribution < -0.4 is 0 Å². The zero-order chi connectivity index (χ0) is 9.78. The molecule has 0 nitrogen and oxygen atoms in total. The van der Waals surface area contributed by atoms with Gasteiger partial charge in [0.2, 0.25) is 0 Å². The zero-order valence-electron chi connectivity index (χ0n) is 9.36. The maximum atomic E-state index is 2.30. The summed E-state index contributed by atoms with van der Waals surface area (Å²) in [5.74, 6) is 0. The van der Waals surface area contributed by atoms with Crippen molar-refractivity contribution in [1.82, 2.24) is 0 Å². The molecular formula is C12H22. The van der Waals surface area contributed by atoms with E-state index in [0.29, 0.717) is 5.41 Å². The minimum absolute atomic E-state index is 0.392. The molecular weight excluding hydrogens is 144 g/mol. The lowest BCUT2D eigenvalue weighted by molar-refractivity contribution is 0.467. The van der Waals surface area contributed by atoms with E-state index in [9.17, 15) is 0 Å². The van der Waals surface area contributed by atoms with Crippen molar-refractivity contribution in [2.75, 3.05) is 0 Å². The first-order valence-corrected chi connectivity index (χ1v) is 4.87. The lowest BCUT2D eigenvalue weighted by atomic mass is 9.80. The molecule has 70 valence electrons. The molecule has 0 spiro atoms. The van der Waals surface area contributed by atoms with E-state index in [1.54, 1.807) is 0 Å². The minimum Gasteiger partial charge on any atom is -0.0783 e. The van der Waals surface area contributed by atoms with Crippen molar-refractivity contribution in [2.45, 2.75) is 48.0 Å². The van der Waals surface area contributed by atoms with E-state index in [0.717, 1.165) is 0 Å². The van der Waals surface area contributed by atoms with Crippen LogP contribution in [0.5, 0.6) is 0 Å². The number of hydrogen-bond donors (Lipinski definition) is 0. The fourth-order valence-electron chi connectivity index (χ4n) is 1.37. The molecule has 0 bridgehead atoms. The summed E-state index contributed by atoms with van der Waals surface area (Å²) in [6, 6.07) is 0. The van der Waals surface area contributed by atoms with Gasteiger partial charge in [0.05, 0.1) is 0 Å². The predicted molar refractivity (Wildman–Crippen MR) is 57.3 cm³/mol. The normalized spacial score (nSPS) is 20.2. The van der Waals surface area contributed by atoms with Gasteiger partial charge in [-0.3, -0.25) is 0 Å². The van der Waals surface area contributed by atoms with E-state index in [1.807, 2.05) is 13.8 Å². The second kappa shape index (κ2) is 4.49. The molecule has 0 saturated heterocycles.